The molecule has 1 aromatic heterocycles. The first-order valence-electron chi connectivity index (χ1n) is 12.7. The summed E-state index contributed by atoms with van der Waals surface area (Å²) in [6.07, 6.45) is 3.34. The Hall–Kier alpha value is -2.86. The number of halogens is 2. The number of anilines is 2. The van der Waals surface area contributed by atoms with Gasteiger partial charge in [-0.1, -0.05) is 72.8 Å². The molecule has 1 fully saturated rings. The molecule has 4 aromatic rings. The Balaban J connectivity index is 0.00000190. The highest BCUT2D eigenvalue weighted by Crippen LogP contribution is 2.29. The maximum absolute atomic E-state index is 4.83. The van der Waals surface area contributed by atoms with Crippen molar-refractivity contribution in [3.05, 3.63) is 96.1 Å². The fraction of sp³-hybridized carbons (Fsp3) is 0.333. The van der Waals surface area contributed by atoms with Gasteiger partial charge in [-0.25, -0.2) is 4.98 Å². The quantitative estimate of drug-likeness (QED) is 0.273. The van der Waals surface area contributed by atoms with Crippen molar-refractivity contribution in [2.75, 3.05) is 43.9 Å². The van der Waals surface area contributed by atoms with Crippen molar-refractivity contribution in [3.63, 3.8) is 0 Å². The summed E-state index contributed by atoms with van der Waals surface area (Å²) < 4.78 is 0. The topological polar surface area (TPSA) is 44.3 Å². The van der Waals surface area contributed by atoms with Gasteiger partial charge in [0, 0.05) is 44.5 Å². The molecule has 0 unspecified atom stereocenters. The van der Waals surface area contributed by atoms with Crippen LogP contribution >= 0.6 is 24.8 Å². The van der Waals surface area contributed by atoms with Gasteiger partial charge in [0.2, 0.25) is 5.95 Å². The van der Waals surface area contributed by atoms with Crippen LogP contribution in [0, 0.1) is 0 Å². The Morgan fingerprint density at radius 1 is 0.811 bits per heavy atom. The van der Waals surface area contributed by atoms with Gasteiger partial charge in [0.1, 0.15) is 5.82 Å². The maximum atomic E-state index is 4.83. The lowest BCUT2D eigenvalue weighted by Gasteiger charge is -2.33. The molecule has 0 bridgehead atoms. The van der Waals surface area contributed by atoms with E-state index in [0.717, 1.165) is 61.6 Å². The van der Waals surface area contributed by atoms with Crippen molar-refractivity contribution in [2.24, 2.45) is 0 Å². The summed E-state index contributed by atoms with van der Waals surface area (Å²) >= 11 is 0. The number of hydrogen-bond donors (Lipinski definition) is 1. The van der Waals surface area contributed by atoms with Gasteiger partial charge in [0.15, 0.2) is 0 Å². The van der Waals surface area contributed by atoms with E-state index in [1.807, 2.05) is 26.2 Å². The first kappa shape index (κ1) is 28.7. The average molecular weight is 539 g/mol. The molecule has 2 heterocycles. The summed E-state index contributed by atoms with van der Waals surface area (Å²) in [5.74, 6) is 2.13. The monoisotopic (exact) mass is 537 g/mol. The zero-order valence-corrected chi connectivity index (χ0v) is 23.2. The van der Waals surface area contributed by atoms with E-state index < -0.39 is 0 Å². The van der Waals surface area contributed by atoms with Crippen LogP contribution < -0.4 is 10.2 Å². The second kappa shape index (κ2) is 13.6. The first-order chi connectivity index (χ1) is 17.2. The van der Waals surface area contributed by atoms with Crippen LogP contribution in [0.15, 0.2) is 84.9 Å². The van der Waals surface area contributed by atoms with Crippen molar-refractivity contribution in [2.45, 2.75) is 31.2 Å². The van der Waals surface area contributed by atoms with Gasteiger partial charge in [0.05, 0.1) is 5.52 Å². The Bertz CT molecular complexity index is 1190. The largest absolute Gasteiger partial charge is 0.362 e. The highest BCUT2D eigenvalue weighted by molar-refractivity contribution is 5.90. The van der Waals surface area contributed by atoms with E-state index in [4.69, 9.17) is 9.97 Å². The molecule has 0 radical (unpaired) electrons. The number of piperidine rings is 1. The lowest BCUT2D eigenvalue weighted by atomic mass is 9.88. The molecule has 1 aliphatic rings. The fourth-order valence-electron chi connectivity index (χ4n) is 5.16. The fourth-order valence-corrected chi connectivity index (χ4v) is 5.16. The number of nitrogens with zero attached hydrogens (tertiary/aromatic N) is 4. The summed E-state index contributed by atoms with van der Waals surface area (Å²) in [6.45, 7) is 3.31. The van der Waals surface area contributed by atoms with Gasteiger partial charge in [-0.15, -0.1) is 24.8 Å². The Labute approximate surface area is 233 Å². The van der Waals surface area contributed by atoms with E-state index in [-0.39, 0.29) is 24.8 Å². The molecule has 1 saturated heterocycles. The van der Waals surface area contributed by atoms with Crippen molar-refractivity contribution in [3.8, 4) is 0 Å². The predicted octanol–water partition coefficient (Wildman–Crippen LogP) is 6.64. The summed E-state index contributed by atoms with van der Waals surface area (Å²) in [4.78, 5) is 14.3. The predicted molar refractivity (Wildman–Crippen MR) is 161 cm³/mol. The standard InChI is InChI=1S/C30H35N5.2ClH/c1-34(2)29-27-15-9-10-16-28(27)32-30(33-29)31-25-17-20-35(21-18-25)22-19-26(23-11-5-3-6-12-23)24-13-7-4-8-14-24;;/h3-16,25-26H,17-22H2,1-2H3,(H,31,32,33);2*1H. The van der Waals surface area contributed by atoms with Crippen molar-refractivity contribution in [1.82, 2.24) is 14.9 Å². The zero-order valence-electron chi connectivity index (χ0n) is 21.6. The van der Waals surface area contributed by atoms with Crippen molar-refractivity contribution < 1.29 is 0 Å². The molecular formula is C30H37Cl2N5. The SMILES string of the molecule is CN(C)c1nc(NC2CCN(CCC(c3ccccc3)c3ccccc3)CC2)nc2ccccc12.Cl.Cl. The van der Waals surface area contributed by atoms with Crippen LogP contribution in [0.2, 0.25) is 0 Å². The van der Waals surface area contributed by atoms with E-state index in [2.05, 4.69) is 87.9 Å². The number of para-hydroxylation sites is 1. The van der Waals surface area contributed by atoms with Crippen LogP contribution in [0.3, 0.4) is 0 Å². The molecule has 0 atom stereocenters. The molecule has 5 rings (SSSR count). The minimum absolute atomic E-state index is 0. The van der Waals surface area contributed by atoms with Crippen LogP contribution in [0.5, 0.6) is 0 Å². The molecule has 1 aliphatic heterocycles. The molecule has 1 N–H and O–H groups in total. The molecule has 0 amide bonds. The van der Waals surface area contributed by atoms with Crippen molar-refractivity contribution in [1.29, 1.82) is 0 Å². The van der Waals surface area contributed by atoms with Crippen molar-refractivity contribution >= 4 is 47.5 Å². The van der Waals surface area contributed by atoms with E-state index in [1.165, 1.54) is 11.1 Å². The van der Waals surface area contributed by atoms with E-state index in [1.54, 1.807) is 0 Å². The summed E-state index contributed by atoms with van der Waals surface area (Å²) in [5.41, 5.74) is 3.79. The highest BCUT2D eigenvalue weighted by atomic mass is 35.5. The van der Waals surface area contributed by atoms with Crippen LogP contribution in [-0.4, -0.2) is 54.6 Å². The lowest BCUT2D eigenvalue weighted by Crippen LogP contribution is -2.40. The van der Waals surface area contributed by atoms with Gasteiger partial charge >= 0.3 is 0 Å². The molecular weight excluding hydrogens is 501 g/mol. The number of likely N-dealkylation sites (tertiary alicyclic amines) is 1. The van der Waals surface area contributed by atoms with Crippen LogP contribution in [0.1, 0.15) is 36.3 Å². The van der Waals surface area contributed by atoms with Gasteiger partial charge in [0.25, 0.3) is 0 Å². The van der Waals surface area contributed by atoms with Gasteiger partial charge in [-0.3, -0.25) is 0 Å². The molecule has 0 spiro atoms. The Kier molecular flexibility index (Phi) is 10.6. The van der Waals surface area contributed by atoms with E-state index >= 15 is 0 Å². The summed E-state index contributed by atoms with van der Waals surface area (Å²) in [7, 11) is 4.07. The minimum atomic E-state index is 0. The molecule has 3 aromatic carbocycles. The molecule has 196 valence electrons. The van der Waals surface area contributed by atoms with Gasteiger partial charge in [-0.05, 0) is 49.1 Å². The van der Waals surface area contributed by atoms with Crippen LogP contribution in [0.25, 0.3) is 10.9 Å². The first-order valence-corrected chi connectivity index (χ1v) is 12.7. The minimum Gasteiger partial charge on any atom is -0.362 e. The number of benzene rings is 3. The van der Waals surface area contributed by atoms with Gasteiger partial charge < -0.3 is 15.1 Å². The molecule has 0 saturated carbocycles. The molecule has 37 heavy (non-hydrogen) atoms. The molecule has 0 aliphatic carbocycles. The lowest BCUT2D eigenvalue weighted by molar-refractivity contribution is 0.214. The van der Waals surface area contributed by atoms with Gasteiger partial charge in [-0.2, -0.15) is 4.98 Å². The number of rotatable bonds is 8. The highest BCUT2D eigenvalue weighted by Gasteiger charge is 2.22. The van der Waals surface area contributed by atoms with Crippen LogP contribution in [-0.2, 0) is 0 Å². The average Bonchev–Trinajstić information content (AvgIpc) is 2.90. The second-order valence-electron chi connectivity index (χ2n) is 9.71. The zero-order chi connectivity index (χ0) is 24.0. The Morgan fingerprint density at radius 2 is 1.38 bits per heavy atom. The van der Waals surface area contributed by atoms with E-state index in [0.29, 0.717) is 12.0 Å². The maximum Gasteiger partial charge on any atom is 0.225 e. The third kappa shape index (κ3) is 7.13. The molecule has 7 heteroatoms. The summed E-state index contributed by atoms with van der Waals surface area (Å²) in [5, 5.41) is 4.72. The normalized spacial score (nSPS) is 14.1. The van der Waals surface area contributed by atoms with Crippen LogP contribution in [0.4, 0.5) is 11.8 Å². The smallest absolute Gasteiger partial charge is 0.225 e. The van der Waals surface area contributed by atoms with E-state index in [9.17, 15) is 0 Å². The summed E-state index contributed by atoms with van der Waals surface area (Å²) in [6, 6.07) is 30.5. The third-order valence-electron chi connectivity index (χ3n) is 7.07. The number of hydrogen-bond acceptors (Lipinski definition) is 5. The number of nitrogens with one attached hydrogen (secondary N) is 1. The number of aromatic nitrogens is 2. The third-order valence-corrected chi connectivity index (χ3v) is 7.07. The number of fused-ring (bicyclic) bond motifs is 1. The molecule has 5 nitrogen and oxygen atoms in total. The Morgan fingerprint density at radius 3 is 1.97 bits per heavy atom. The second-order valence-corrected chi connectivity index (χ2v) is 9.71.